The second kappa shape index (κ2) is 13.3. The molecule has 4 rings (SSSR count). The van der Waals surface area contributed by atoms with Crippen LogP contribution in [0.1, 0.15) is 38.5 Å². The lowest BCUT2D eigenvalue weighted by Crippen LogP contribution is -2.50. The Hall–Kier alpha value is -1.69. The molecule has 0 aromatic carbocycles. The molecular weight excluding hydrogens is 531 g/mol. The Morgan fingerprint density at radius 3 is 2.48 bits per heavy atom. The average molecular weight is 571 g/mol. The van der Waals surface area contributed by atoms with Gasteiger partial charge in [0.25, 0.3) is 0 Å². The molecule has 2 N–H and O–H groups in total. The zero-order valence-corrected chi connectivity index (χ0v) is 22.1. The van der Waals surface area contributed by atoms with Crippen molar-refractivity contribution >= 4 is 41.8 Å². The molecule has 2 saturated heterocycles. The summed E-state index contributed by atoms with van der Waals surface area (Å²) in [6.45, 7) is 7.38. The highest BCUT2D eigenvalue weighted by Gasteiger charge is 2.31. The molecule has 3 fully saturated rings. The second-order valence-electron chi connectivity index (χ2n) is 9.13. The number of nitrogens with one attached hydrogen (secondary N) is 2. The molecule has 0 spiro atoms. The van der Waals surface area contributed by atoms with E-state index in [4.69, 9.17) is 0 Å². The van der Waals surface area contributed by atoms with Crippen LogP contribution in [0, 0.1) is 5.92 Å². The normalized spacial score (nSPS) is 22.7. The van der Waals surface area contributed by atoms with Crippen LogP contribution in [0.25, 0.3) is 0 Å². The highest BCUT2D eigenvalue weighted by molar-refractivity contribution is 14.0. The van der Waals surface area contributed by atoms with E-state index in [-0.39, 0.29) is 35.9 Å². The van der Waals surface area contributed by atoms with E-state index in [0.29, 0.717) is 5.91 Å². The molecule has 1 aromatic heterocycles. The number of carbonyl (C=O) groups is 1. The number of guanidine groups is 1. The van der Waals surface area contributed by atoms with Crippen molar-refractivity contribution in [3.05, 3.63) is 18.5 Å². The van der Waals surface area contributed by atoms with Crippen molar-refractivity contribution in [1.82, 2.24) is 30.4 Å². The van der Waals surface area contributed by atoms with Gasteiger partial charge in [-0.3, -0.25) is 14.7 Å². The third-order valence-corrected chi connectivity index (χ3v) is 6.95. The SMILES string of the molecule is CN=C(NCCN1CCN(c2ncccn2)CC1)NC1CCN(C(=O)C2CCCCC2)C1.I. The maximum atomic E-state index is 12.8. The maximum absolute atomic E-state index is 12.8. The summed E-state index contributed by atoms with van der Waals surface area (Å²) >= 11 is 0. The van der Waals surface area contributed by atoms with Gasteiger partial charge >= 0.3 is 0 Å². The van der Waals surface area contributed by atoms with Crippen molar-refractivity contribution in [2.45, 2.75) is 44.6 Å². The van der Waals surface area contributed by atoms with Gasteiger partial charge in [0.1, 0.15) is 0 Å². The van der Waals surface area contributed by atoms with Crippen molar-refractivity contribution in [3.63, 3.8) is 0 Å². The van der Waals surface area contributed by atoms with Crippen molar-refractivity contribution in [3.8, 4) is 0 Å². The summed E-state index contributed by atoms with van der Waals surface area (Å²) in [7, 11) is 1.81. The molecule has 1 amide bonds. The van der Waals surface area contributed by atoms with E-state index in [1.54, 1.807) is 12.4 Å². The Kier molecular flexibility index (Phi) is 10.4. The summed E-state index contributed by atoms with van der Waals surface area (Å²) in [5.74, 6) is 2.28. The number of amides is 1. The number of carbonyl (C=O) groups excluding carboxylic acids is 1. The smallest absolute Gasteiger partial charge is 0.225 e. The summed E-state index contributed by atoms with van der Waals surface area (Å²) < 4.78 is 0. The lowest BCUT2D eigenvalue weighted by molar-refractivity contribution is -0.135. The molecule has 0 radical (unpaired) electrons. The van der Waals surface area contributed by atoms with Gasteiger partial charge in [-0.25, -0.2) is 9.97 Å². The topological polar surface area (TPSA) is 89.0 Å². The Balaban J connectivity index is 0.00000306. The fourth-order valence-corrected chi connectivity index (χ4v) is 5.03. The van der Waals surface area contributed by atoms with Crippen LogP contribution >= 0.6 is 24.0 Å². The van der Waals surface area contributed by atoms with E-state index in [9.17, 15) is 4.79 Å². The molecule has 1 aliphatic carbocycles. The Labute approximate surface area is 214 Å². The Morgan fingerprint density at radius 2 is 1.79 bits per heavy atom. The van der Waals surface area contributed by atoms with Gasteiger partial charge in [0.05, 0.1) is 0 Å². The van der Waals surface area contributed by atoms with Gasteiger partial charge in [-0.1, -0.05) is 19.3 Å². The molecule has 1 saturated carbocycles. The minimum Gasteiger partial charge on any atom is -0.355 e. The first kappa shape index (κ1) is 25.9. The minimum atomic E-state index is 0. The summed E-state index contributed by atoms with van der Waals surface area (Å²) in [6, 6.07) is 2.13. The molecule has 10 heteroatoms. The third-order valence-electron chi connectivity index (χ3n) is 6.95. The largest absolute Gasteiger partial charge is 0.355 e. The molecule has 1 unspecified atom stereocenters. The monoisotopic (exact) mass is 570 g/mol. The molecule has 1 aromatic rings. The second-order valence-corrected chi connectivity index (χ2v) is 9.13. The Bertz CT molecular complexity index is 750. The fourth-order valence-electron chi connectivity index (χ4n) is 5.03. The molecule has 9 nitrogen and oxygen atoms in total. The molecule has 2 aliphatic heterocycles. The Morgan fingerprint density at radius 1 is 1.06 bits per heavy atom. The van der Waals surface area contributed by atoms with Crippen LogP contribution < -0.4 is 15.5 Å². The number of halogens is 1. The van der Waals surface area contributed by atoms with E-state index in [0.717, 1.165) is 83.5 Å². The van der Waals surface area contributed by atoms with E-state index < -0.39 is 0 Å². The standard InChI is InChI=1S/C23H38N8O.HI/c1-24-22(28-20-8-12-31(18-20)21(32)19-6-3-2-4-7-19)25-11-13-29-14-16-30(17-15-29)23-26-9-5-10-27-23;/h5,9-10,19-20H,2-4,6-8,11-18H2,1H3,(H2,24,25,28);1H. The summed E-state index contributed by atoms with van der Waals surface area (Å²) in [5, 5.41) is 6.97. The first-order valence-corrected chi connectivity index (χ1v) is 12.2. The maximum Gasteiger partial charge on any atom is 0.225 e. The molecule has 3 heterocycles. The molecule has 33 heavy (non-hydrogen) atoms. The summed E-state index contributed by atoms with van der Waals surface area (Å²) in [4.78, 5) is 32.7. The average Bonchev–Trinajstić information content (AvgIpc) is 3.33. The lowest BCUT2D eigenvalue weighted by Gasteiger charge is -2.34. The van der Waals surface area contributed by atoms with Gasteiger partial charge in [0.2, 0.25) is 11.9 Å². The number of hydrogen-bond acceptors (Lipinski definition) is 6. The van der Waals surface area contributed by atoms with Crippen molar-refractivity contribution in [2.24, 2.45) is 10.9 Å². The van der Waals surface area contributed by atoms with Crippen molar-refractivity contribution in [2.75, 3.05) is 64.3 Å². The van der Waals surface area contributed by atoms with Crippen LogP contribution in [-0.2, 0) is 4.79 Å². The van der Waals surface area contributed by atoms with Gasteiger partial charge in [-0.2, -0.15) is 0 Å². The number of piperazine rings is 1. The number of aromatic nitrogens is 2. The highest BCUT2D eigenvalue weighted by Crippen LogP contribution is 2.26. The summed E-state index contributed by atoms with van der Waals surface area (Å²) in [5.41, 5.74) is 0. The zero-order valence-electron chi connectivity index (χ0n) is 19.8. The van der Waals surface area contributed by atoms with E-state index in [2.05, 4.69) is 40.3 Å². The number of anilines is 1. The fraction of sp³-hybridized carbons (Fsp3) is 0.739. The van der Waals surface area contributed by atoms with Crippen LogP contribution in [-0.4, -0.2) is 97.1 Å². The third kappa shape index (κ3) is 7.40. The van der Waals surface area contributed by atoms with Gasteiger partial charge in [-0.05, 0) is 25.3 Å². The first-order valence-electron chi connectivity index (χ1n) is 12.2. The molecule has 0 bridgehead atoms. The predicted octanol–water partition coefficient (Wildman–Crippen LogP) is 1.56. The minimum absolute atomic E-state index is 0. The van der Waals surface area contributed by atoms with E-state index in [1.807, 2.05) is 13.1 Å². The van der Waals surface area contributed by atoms with E-state index in [1.165, 1.54) is 19.3 Å². The number of rotatable bonds is 6. The molecule has 184 valence electrons. The van der Waals surface area contributed by atoms with Gasteiger partial charge in [0.15, 0.2) is 5.96 Å². The van der Waals surface area contributed by atoms with Gasteiger partial charge in [-0.15, -0.1) is 24.0 Å². The van der Waals surface area contributed by atoms with Crippen LogP contribution in [0.4, 0.5) is 5.95 Å². The number of hydrogen-bond donors (Lipinski definition) is 2. The highest BCUT2D eigenvalue weighted by atomic mass is 127. The van der Waals surface area contributed by atoms with E-state index >= 15 is 0 Å². The van der Waals surface area contributed by atoms with Gasteiger partial charge in [0, 0.05) is 83.8 Å². The van der Waals surface area contributed by atoms with Crippen LogP contribution in [0.2, 0.25) is 0 Å². The van der Waals surface area contributed by atoms with Gasteiger partial charge < -0.3 is 20.4 Å². The quantitative estimate of drug-likeness (QED) is 0.305. The lowest BCUT2D eigenvalue weighted by atomic mass is 9.88. The predicted molar refractivity (Wildman–Crippen MR) is 142 cm³/mol. The first-order chi connectivity index (χ1) is 15.7. The molecule has 3 aliphatic rings. The number of nitrogens with zero attached hydrogens (tertiary/aromatic N) is 6. The van der Waals surface area contributed by atoms with Crippen LogP contribution in [0.5, 0.6) is 0 Å². The van der Waals surface area contributed by atoms with Crippen LogP contribution in [0.3, 0.4) is 0 Å². The van der Waals surface area contributed by atoms with Crippen molar-refractivity contribution in [1.29, 1.82) is 0 Å². The molecular formula is C23H39IN8O. The summed E-state index contributed by atoms with van der Waals surface area (Å²) in [6.07, 6.45) is 10.4. The van der Waals surface area contributed by atoms with Crippen LogP contribution in [0.15, 0.2) is 23.5 Å². The number of aliphatic imine (C=N–C) groups is 1. The van der Waals surface area contributed by atoms with Crippen molar-refractivity contribution < 1.29 is 4.79 Å². The zero-order chi connectivity index (χ0) is 22.2. The molecule has 1 atom stereocenters. The number of likely N-dealkylation sites (tertiary alicyclic amines) is 1.